The molecule has 0 aliphatic carbocycles. The van der Waals surface area contributed by atoms with E-state index in [1.165, 1.54) is 16.7 Å². The number of benzene rings is 9. The normalized spacial score (nSPS) is 11.6. The van der Waals surface area contributed by atoms with Crippen molar-refractivity contribution in [2.24, 2.45) is 0 Å². The average molecular weight is 979 g/mol. The van der Waals surface area contributed by atoms with Crippen molar-refractivity contribution in [2.75, 3.05) is 9.80 Å². The lowest BCUT2D eigenvalue weighted by Crippen LogP contribution is -2.19. The Balaban J connectivity index is 1.16. The fourth-order valence-corrected chi connectivity index (χ4v) is 9.65. The molecule has 0 aliphatic heterocycles. The van der Waals surface area contributed by atoms with Crippen LogP contribution in [-0.4, -0.2) is 0 Å². The Morgan fingerprint density at radius 3 is 1.50 bits per heavy atom. The van der Waals surface area contributed by atoms with Crippen LogP contribution in [0, 0.1) is 0 Å². The van der Waals surface area contributed by atoms with E-state index in [0.29, 0.717) is 5.02 Å². The molecule has 0 amide bonds. The third-order valence-corrected chi connectivity index (χ3v) is 13.6. The van der Waals surface area contributed by atoms with Crippen LogP contribution in [-0.2, 0) is 5.41 Å². The van der Waals surface area contributed by atoms with Crippen LogP contribution in [0.1, 0.15) is 26.3 Å². The Hall–Kier alpha value is -6.37. The first-order valence-electron chi connectivity index (χ1n) is 21.3. The number of hydrogen-bond donors (Lipinski definition) is 0. The van der Waals surface area contributed by atoms with Gasteiger partial charge in [0.05, 0.1) is 21.5 Å². The van der Waals surface area contributed by atoms with Crippen LogP contribution in [0.15, 0.2) is 220 Å². The highest BCUT2D eigenvalue weighted by atomic mass is 79.9. The summed E-state index contributed by atoms with van der Waals surface area (Å²) in [5.41, 5.74) is 15.4. The highest BCUT2D eigenvalue weighted by Gasteiger charge is 2.28. The first-order chi connectivity index (χ1) is 31.1. The SMILES string of the molecule is CC(C)(C)c1cc(N(c2ccc(-c3ccccc3)cc2)c2ccc(-c3ccccc3)cc2)c(Br)c(N(c2ccc(-c3cccc4c3oc3ccccc34)cc2)c2cc(Cl)ccc2Br)c1. The van der Waals surface area contributed by atoms with Gasteiger partial charge in [0.15, 0.2) is 0 Å². The molecule has 0 N–H and O–H groups in total. The van der Waals surface area contributed by atoms with Crippen molar-refractivity contribution in [2.45, 2.75) is 26.2 Å². The number of para-hydroxylation sites is 2. The third kappa shape index (κ3) is 8.05. The molecule has 0 atom stereocenters. The molecule has 0 fully saturated rings. The summed E-state index contributed by atoms with van der Waals surface area (Å²) in [6.07, 6.45) is 0. The molecule has 10 rings (SSSR count). The standard InChI is InChI=1S/C58H43Br2ClN2O/c1-58(2,3)43-35-53(62(45-28-21-40(22-29-45)38-13-6-4-7-14-38)46-30-23-41(24-31-46)39-15-8-5-9-16-39)56(60)54(36-43)63(52-37-44(61)27-34-51(52)59)47-32-25-42(26-33-47)48-18-12-19-50-49-17-10-11-20-55(49)64-57(48)50/h4-37H,1-3H3. The first kappa shape index (κ1) is 41.6. The lowest BCUT2D eigenvalue weighted by molar-refractivity contribution is 0.590. The van der Waals surface area contributed by atoms with E-state index in [1.54, 1.807) is 0 Å². The maximum Gasteiger partial charge on any atom is 0.143 e. The Labute approximate surface area is 396 Å². The summed E-state index contributed by atoms with van der Waals surface area (Å²) in [5.74, 6) is 0. The predicted molar refractivity (Wildman–Crippen MR) is 279 cm³/mol. The van der Waals surface area contributed by atoms with E-state index in [9.17, 15) is 0 Å². The first-order valence-corrected chi connectivity index (χ1v) is 23.3. The molecule has 1 heterocycles. The lowest BCUT2D eigenvalue weighted by atomic mass is 9.86. The van der Waals surface area contributed by atoms with Gasteiger partial charge in [0, 0.05) is 42.9 Å². The zero-order valence-corrected chi connectivity index (χ0v) is 39.5. The fraction of sp³-hybridized carbons (Fsp3) is 0.0690. The largest absolute Gasteiger partial charge is 0.455 e. The molecule has 64 heavy (non-hydrogen) atoms. The van der Waals surface area contributed by atoms with Crippen LogP contribution in [0.25, 0.3) is 55.3 Å². The molecule has 0 unspecified atom stereocenters. The maximum absolute atomic E-state index is 6.85. The fourth-order valence-electron chi connectivity index (χ4n) is 8.48. The number of halogens is 3. The van der Waals surface area contributed by atoms with Crippen molar-refractivity contribution in [1.29, 1.82) is 0 Å². The zero-order chi connectivity index (χ0) is 44.0. The molecule has 0 saturated heterocycles. The Morgan fingerprint density at radius 2 is 0.922 bits per heavy atom. The number of anilines is 6. The second-order valence-electron chi connectivity index (χ2n) is 17.0. The minimum atomic E-state index is -0.212. The summed E-state index contributed by atoms with van der Waals surface area (Å²) in [5, 5.41) is 2.85. The highest BCUT2D eigenvalue weighted by Crippen LogP contribution is 2.51. The van der Waals surface area contributed by atoms with Crippen LogP contribution in [0.2, 0.25) is 5.02 Å². The summed E-state index contributed by atoms with van der Waals surface area (Å²) >= 11 is 15.1. The van der Waals surface area contributed by atoms with Gasteiger partial charge in [0.25, 0.3) is 0 Å². The lowest BCUT2D eigenvalue weighted by Gasteiger charge is -2.34. The summed E-state index contributed by atoms with van der Waals surface area (Å²) in [6.45, 7) is 6.81. The third-order valence-electron chi connectivity index (χ3n) is 11.8. The molecule has 9 aromatic carbocycles. The van der Waals surface area contributed by atoms with Crippen molar-refractivity contribution < 1.29 is 4.42 Å². The van der Waals surface area contributed by atoms with Crippen LogP contribution in [0.5, 0.6) is 0 Å². The second-order valence-corrected chi connectivity index (χ2v) is 19.1. The number of hydrogen-bond acceptors (Lipinski definition) is 3. The molecular formula is C58H43Br2ClN2O. The molecule has 6 heteroatoms. The summed E-state index contributed by atoms with van der Waals surface area (Å²) < 4.78 is 8.30. The Morgan fingerprint density at radius 1 is 0.438 bits per heavy atom. The van der Waals surface area contributed by atoms with Crippen LogP contribution < -0.4 is 9.80 Å². The van der Waals surface area contributed by atoms with Gasteiger partial charge in [-0.25, -0.2) is 0 Å². The van der Waals surface area contributed by atoms with Crippen molar-refractivity contribution in [1.82, 2.24) is 0 Å². The van der Waals surface area contributed by atoms with Crippen molar-refractivity contribution in [3.8, 4) is 33.4 Å². The molecule has 1 aromatic heterocycles. The van der Waals surface area contributed by atoms with E-state index < -0.39 is 0 Å². The van der Waals surface area contributed by atoms with Crippen molar-refractivity contribution >= 4 is 99.5 Å². The van der Waals surface area contributed by atoms with Gasteiger partial charge in [0.1, 0.15) is 11.2 Å². The van der Waals surface area contributed by atoms with E-state index in [2.05, 4.69) is 238 Å². The molecule has 10 aromatic rings. The molecular weight excluding hydrogens is 936 g/mol. The summed E-state index contributed by atoms with van der Waals surface area (Å²) in [7, 11) is 0. The molecule has 312 valence electrons. The van der Waals surface area contributed by atoms with E-state index >= 15 is 0 Å². The highest BCUT2D eigenvalue weighted by molar-refractivity contribution is 9.11. The van der Waals surface area contributed by atoms with Crippen molar-refractivity contribution in [3.05, 3.63) is 226 Å². The quantitative estimate of drug-likeness (QED) is 0.144. The van der Waals surface area contributed by atoms with Gasteiger partial charge < -0.3 is 14.2 Å². The van der Waals surface area contributed by atoms with Gasteiger partial charge in [-0.15, -0.1) is 0 Å². The monoisotopic (exact) mass is 976 g/mol. The predicted octanol–water partition coefficient (Wildman–Crippen LogP) is 19.0. The Kier molecular flexibility index (Phi) is 11.3. The minimum absolute atomic E-state index is 0.212. The number of nitrogens with zero attached hydrogens (tertiary/aromatic N) is 2. The van der Waals surface area contributed by atoms with Crippen molar-refractivity contribution in [3.63, 3.8) is 0 Å². The number of fused-ring (bicyclic) bond motifs is 3. The van der Waals surface area contributed by atoms with E-state index in [-0.39, 0.29) is 5.41 Å². The topological polar surface area (TPSA) is 19.6 Å². The van der Waals surface area contributed by atoms with E-state index in [4.69, 9.17) is 16.0 Å². The molecule has 0 spiro atoms. The average Bonchev–Trinajstić information content (AvgIpc) is 3.71. The minimum Gasteiger partial charge on any atom is -0.455 e. The number of rotatable bonds is 9. The van der Waals surface area contributed by atoms with Gasteiger partial charge in [-0.1, -0.05) is 166 Å². The summed E-state index contributed by atoms with van der Waals surface area (Å²) in [6, 6.07) is 72.7. The van der Waals surface area contributed by atoms with Gasteiger partial charge in [-0.3, -0.25) is 0 Å². The van der Waals surface area contributed by atoms with E-state index in [1.807, 2.05) is 30.3 Å². The smallest absolute Gasteiger partial charge is 0.143 e. The number of furan rings is 1. The van der Waals surface area contributed by atoms with Gasteiger partial charge in [-0.05, 0) is 143 Å². The zero-order valence-electron chi connectivity index (χ0n) is 35.6. The molecule has 0 radical (unpaired) electrons. The van der Waals surface area contributed by atoms with Gasteiger partial charge in [-0.2, -0.15) is 0 Å². The molecule has 3 nitrogen and oxygen atoms in total. The van der Waals surface area contributed by atoms with Gasteiger partial charge >= 0.3 is 0 Å². The van der Waals surface area contributed by atoms with Crippen LogP contribution in [0.3, 0.4) is 0 Å². The maximum atomic E-state index is 6.85. The van der Waals surface area contributed by atoms with E-state index in [0.717, 1.165) is 87.3 Å². The molecule has 0 saturated carbocycles. The second kappa shape index (κ2) is 17.3. The summed E-state index contributed by atoms with van der Waals surface area (Å²) in [4.78, 5) is 4.65. The Bertz CT molecular complexity index is 3190. The van der Waals surface area contributed by atoms with Gasteiger partial charge in [0.2, 0.25) is 0 Å². The molecule has 0 bridgehead atoms. The van der Waals surface area contributed by atoms with Crippen LogP contribution >= 0.6 is 43.5 Å². The van der Waals surface area contributed by atoms with Crippen LogP contribution in [0.4, 0.5) is 34.1 Å². The molecule has 0 aliphatic rings.